The minimum Gasteiger partial charge on any atom is -0.300 e. The van der Waals surface area contributed by atoms with Gasteiger partial charge in [-0.2, -0.15) is 0 Å². The normalized spacial score (nSPS) is 33.2. The van der Waals surface area contributed by atoms with E-state index in [1.165, 1.54) is 77.5 Å². The van der Waals surface area contributed by atoms with E-state index in [0.717, 1.165) is 17.4 Å². The molecule has 150 valence electrons. The fourth-order valence-corrected chi connectivity index (χ4v) is 6.50. The minimum absolute atomic E-state index is 0.372. The Morgan fingerprint density at radius 2 is 1.27 bits per heavy atom. The Balaban J connectivity index is 1.22. The van der Waals surface area contributed by atoms with Gasteiger partial charge in [0.1, 0.15) is 0 Å². The molecule has 0 N–H and O–H groups in total. The highest BCUT2D eigenvalue weighted by atomic mass is 15.3. The van der Waals surface area contributed by atoms with Gasteiger partial charge in [-0.05, 0) is 107 Å². The molecule has 0 aromatic heterocycles. The van der Waals surface area contributed by atoms with Crippen molar-refractivity contribution in [2.75, 3.05) is 26.2 Å². The second-order valence-electron chi connectivity index (χ2n) is 12.8. The van der Waals surface area contributed by atoms with Gasteiger partial charge in [-0.3, -0.25) is 4.90 Å². The van der Waals surface area contributed by atoms with Crippen molar-refractivity contribution >= 4 is 0 Å². The number of hydrogen-bond donors (Lipinski definition) is 0. The molecule has 2 aliphatic carbocycles. The molecule has 0 unspecified atom stereocenters. The zero-order valence-corrected chi connectivity index (χ0v) is 18.5. The zero-order chi connectivity index (χ0) is 18.8. The number of rotatable bonds is 1. The van der Waals surface area contributed by atoms with Crippen molar-refractivity contribution in [2.45, 2.75) is 104 Å². The Morgan fingerprint density at radius 1 is 0.731 bits per heavy atom. The van der Waals surface area contributed by atoms with E-state index in [0.29, 0.717) is 16.4 Å². The third kappa shape index (κ3) is 3.50. The molecule has 4 aliphatic rings. The van der Waals surface area contributed by atoms with Gasteiger partial charge >= 0.3 is 0 Å². The number of nitrogens with zero attached hydrogens (tertiary/aromatic N) is 2. The molecule has 2 heteroatoms. The predicted octanol–water partition coefficient (Wildman–Crippen LogP) is 5.57. The van der Waals surface area contributed by atoms with Gasteiger partial charge < -0.3 is 4.90 Å². The molecule has 2 spiro atoms. The largest absolute Gasteiger partial charge is 0.300 e. The Hall–Kier alpha value is -0.0800. The van der Waals surface area contributed by atoms with Gasteiger partial charge in [-0.15, -0.1) is 0 Å². The van der Waals surface area contributed by atoms with Gasteiger partial charge in [-0.25, -0.2) is 0 Å². The maximum absolute atomic E-state index is 2.89. The first-order chi connectivity index (χ1) is 12.0. The van der Waals surface area contributed by atoms with Crippen LogP contribution in [0.15, 0.2) is 0 Å². The van der Waals surface area contributed by atoms with Crippen molar-refractivity contribution in [2.24, 2.45) is 22.2 Å². The molecule has 0 bridgehead atoms. The number of likely N-dealkylation sites (tertiary alicyclic amines) is 2. The molecule has 0 atom stereocenters. The molecule has 0 aromatic rings. The van der Waals surface area contributed by atoms with Crippen molar-refractivity contribution in [3.63, 3.8) is 0 Å². The van der Waals surface area contributed by atoms with Crippen LogP contribution in [0.3, 0.4) is 0 Å². The molecule has 2 heterocycles. The molecule has 26 heavy (non-hydrogen) atoms. The minimum atomic E-state index is 0.372. The second-order valence-corrected chi connectivity index (χ2v) is 12.8. The zero-order valence-electron chi connectivity index (χ0n) is 18.5. The maximum atomic E-state index is 2.89. The number of piperidine rings is 1. The average molecular weight is 361 g/mol. The lowest BCUT2D eigenvalue weighted by Gasteiger charge is -2.60. The van der Waals surface area contributed by atoms with Gasteiger partial charge in [-0.1, -0.05) is 20.8 Å². The first-order valence-corrected chi connectivity index (χ1v) is 11.5. The molecule has 0 aromatic carbocycles. The molecule has 2 saturated heterocycles. The van der Waals surface area contributed by atoms with Crippen molar-refractivity contribution in [1.29, 1.82) is 0 Å². The van der Waals surface area contributed by atoms with Crippen LogP contribution in [0.4, 0.5) is 0 Å². The Kier molecular flexibility index (Phi) is 4.60. The van der Waals surface area contributed by atoms with Crippen molar-refractivity contribution < 1.29 is 0 Å². The molecule has 0 amide bonds. The summed E-state index contributed by atoms with van der Waals surface area (Å²) < 4.78 is 0. The summed E-state index contributed by atoms with van der Waals surface area (Å²) in [6.07, 6.45) is 11.9. The van der Waals surface area contributed by atoms with Crippen LogP contribution in [0, 0.1) is 22.2 Å². The van der Waals surface area contributed by atoms with E-state index >= 15 is 0 Å². The van der Waals surface area contributed by atoms with Crippen LogP contribution < -0.4 is 0 Å². The summed E-state index contributed by atoms with van der Waals surface area (Å²) in [5, 5.41) is 0. The molecule has 4 rings (SSSR count). The predicted molar refractivity (Wildman–Crippen MR) is 111 cm³/mol. The van der Waals surface area contributed by atoms with Crippen molar-refractivity contribution in [1.82, 2.24) is 9.80 Å². The Bertz CT molecular complexity index is 443. The highest BCUT2D eigenvalue weighted by Crippen LogP contribution is 2.58. The molecule has 2 saturated carbocycles. The summed E-state index contributed by atoms with van der Waals surface area (Å²) in [6.45, 7) is 20.0. The third-order valence-electron chi connectivity index (χ3n) is 8.98. The highest BCUT2D eigenvalue weighted by Gasteiger charge is 2.51. The summed E-state index contributed by atoms with van der Waals surface area (Å²) >= 11 is 0. The van der Waals surface area contributed by atoms with Crippen LogP contribution in [-0.2, 0) is 0 Å². The Morgan fingerprint density at radius 3 is 1.73 bits per heavy atom. The molecule has 0 radical (unpaired) electrons. The first-order valence-electron chi connectivity index (χ1n) is 11.5. The monoisotopic (exact) mass is 360 g/mol. The SMILES string of the molecule is CC(C)(C)C1CC2(CCN(C3CCC4(CC3)CN(C(C)(C)C)C4)CC2)C1. The van der Waals surface area contributed by atoms with Crippen LogP contribution in [0.5, 0.6) is 0 Å². The fraction of sp³-hybridized carbons (Fsp3) is 1.00. The van der Waals surface area contributed by atoms with Crippen LogP contribution in [0.1, 0.15) is 92.9 Å². The second kappa shape index (κ2) is 6.21. The van der Waals surface area contributed by atoms with Gasteiger partial charge in [0.15, 0.2) is 0 Å². The lowest BCUT2D eigenvalue weighted by molar-refractivity contribution is -0.0992. The van der Waals surface area contributed by atoms with E-state index in [1.54, 1.807) is 0 Å². The van der Waals surface area contributed by atoms with Crippen molar-refractivity contribution in [3.8, 4) is 0 Å². The van der Waals surface area contributed by atoms with Gasteiger partial charge in [0, 0.05) is 24.7 Å². The topological polar surface area (TPSA) is 6.48 Å². The van der Waals surface area contributed by atoms with Crippen LogP contribution in [-0.4, -0.2) is 47.6 Å². The lowest BCUT2D eigenvalue weighted by Crippen LogP contribution is -2.64. The van der Waals surface area contributed by atoms with E-state index < -0.39 is 0 Å². The Labute approximate surface area is 163 Å². The fourth-order valence-electron chi connectivity index (χ4n) is 6.50. The lowest BCUT2D eigenvalue weighted by atomic mass is 9.51. The molecule has 2 aliphatic heterocycles. The van der Waals surface area contributed by atoms with Crippen molar-refractivity contribution in [3.05, 3.63) is 0 Å². The number of hydrogen-bond acceptors (Lipinski definition) is 2. The van der Waals surface area contributed by atoms with E-state index in [-0.39, 0.29) is 0 Å². The summed E-state index contributed by atoms with van der Waals surface area (Å²) in [5.74, 6) is 0.980. The van der Waals surface area contributed by atoms with Gasteiger partial charge in [0.2, 0.25) is 0 Å². The van der Waals surface area contributed by atoms with Gasteiger partial charge in [0.25, 0.3) is 0 Å². The van der Waals surface area contributed by atoms with E-state index in [2.05, 4.69) is 51.3 Å². The summed E-state index contributed by atoms with van der Waals surface area (Å²) in [7, 11) is 0. The summed E-state index contributed by atoms with van der Waals surface area (Å²) in [6, 6.07) is 0.903. The molecular weight excluding hydrogens is 316 g/mol. The molecular formula is C24H44N2. The third-order valence-corrected chi connectivity index (χ3v) is 8.98. The molecule has 2 nitrogen and oxygen atoms in total. The summed E-state index contributed by atoms with van der Waals surface area (Å²) in [5.41, 5.74) is 2.33. The first kappa shape index (κ1) is 19.2. The van der Waals surface area contributed by atoms with E-state index in [1.807, 2.05) is 0 Å². The van der Waals surface area contributed by atoms with Crippen LogP contribution in [0.2, 0.25) is 0 Å². The van der Waals surface area contributed by atoms with Gasteiger partial charge in [0.05, 0.1) is 0 Å². The molecule has 4 fully saturated rings. The maximum Gasteiger partial charge on any atom is 0.0125 e. The van der Waals surface area contributed by atoms with Crippen LogP contribution in [0.25, 0.3) is 0 Å². The van der Waals surface area contributed by atoms with E-state index in [9.17, 15) is 0 Å². The highest BCUT2D eigenvalue weighted by molar-refractivity contribution is 5.04. The summed E-state index contributed by atoms with van der Waals surface area (Å²) in [4.78, 5) is 5.59. The van der Waals surface area contributed by atoms with E-state index in [4.69, 9.17) is 0 Å². The van der Waals surface area contributed by atoms with Crippen LogP contribution >= 0.6 is 0 Å². The quantitative estimate of drug-likeness (QED) is 0.603. The smallest absolute Gasteiger partial charge is 0.0125 e. The average Bonchev–Trinajstić information content (AvgIpc) is 2.49. The standard InChI is InChI=1S/C24H44N2/c1-21(2,3)19-15-23(16-19)11-13-25(14-12-23)20-7-9-24(10-8-20)17-26(18-24)22(4,5)6/h19-20H,7-18H2,1-6H3.